The zero-order chi connectivity index (χ0) is 18.8. The van der Waals surface area contributed by atoms with Crippen molar-refractivity contribution in [1.82, 2.24) is 5.32 Å². The first-order chi connectivity index (χ1) is 11.6. The van der Waals surface area contributed by atoms with E-state index < -0.39 is 10.0 Å². The molecule has 1 amide bonds. The molecule has 25 heavy (non-hydrogen) atoms. The summed E-state index contributed by atoms with van der Waals surface area (Å²) in [7, 11) is -3.69. The van der Waals surface area contributed by atoms with Gasteiger partial charge in [-0.1, -0.05) is 17.7 Å². The summed E-state index contributed by atoms with van der Waals surface area (Å²) in [4.78, 5) is 12.2. The first-order valence-corrected chi connectivity index (χ1v) is 9.60. The molecule has 0 aliphatic rings. The van der Waals surface area contributed by atoms with Crippen molar-refractivity contribution in [3.63, 3.8) is 0 Å². The number of carbonyl (C=O) groups excluding carboxylic acids is 1. The fourth-order valence-corrected chi connectivity index (χ4v) is 4.35. The largest absolute Gasteiger partial charge is 0.350 e. The zero-order valence-electron chi connectivity index (χ0n) is 15.2. The van der Waals surface area contributed by atoms with Crippen LogP contribution < -0.4 is 10.0 Å². The fourth-order valence-electron chi connectivity index (χ4n) is 2.83. The van der Waals surface area contributed by atoms with Gasteiger partial charge < -0.3 is 5.32 Å². The van der Waals surface area contributed by atoms with E-state index >= 15 is 0 Å². The number of anilines is 1. The summed E-state index contributed by atoms with van der Waals surface area (Å²) in [6.45, 7) is 9.27. The standard InChI is InChI=1S/C19H24N2O3S/c1-12(2)20-19(22)16-6-8-17(9-7-16)21-25(23,24)18-14(4)10-13(3)11-15(18)5/h6-12,21H,1-5H3,(H,20,22). The predicted molar refractivity (Wildman–Crippen MR) is 101 cm³/mol. The van der Waals surface area contributed by atoms with Crippen molar-refractivity contribution in [3.8, 4) is 0 Å². The van der Waals surface area contributed by atoms with Crippen molar-refractivity contribution in [2.45, 2.75) is 45.6 Å². The van der Waals surface area contributed by atoms with Gasteiger partial charge in [-0.05, 0) is 70.0 Å². The Balaban J connectivity index is 2.26. The number of hydrogen-bond acceptors (Lipinski definition) is 3. The molecule has 6 heteroatoms. The highest BCUT2D eigenvalue weighted by atomic mass is 32.2. The minimum Gasteiger partial charge on any atom is -0.350 e. The van der Waals surface area contributed by atoms with Gasteiger partial charge in [-0.3, -0.25) is 9.52 Å². The van der Waals surface area contributed by atoms with Crippen molar-refractivity contribution in [2.24, 2.45) is 0 Å². The third kappa shape index (κ3) is 4.60. The molecule has 0 aliphatic carbocycles. The number of rotatable bonds is 5. The maximum atomic E-state index is 12.7. The van der Waals surface area contributed by atoms with Crippen molar-refractivity contribution in [3.05, 3.63) is 58.7 Å². The second-order valence-electron chi connectivity index (χ2n) is 6.54. The summed E-state index contributed by atoms with van der Waals surface area (Å²) in [5, 5.41) is 2.80. The van der Waals surface area contributed by atoms with Crippen molar-refractivity contribution in [1.29, 1.82) is 0 Å². The molecular formula is C19H24N2O3S. The van der Waals surface area contributed by atoms with E-state index in [1.165, 1.54) is 0 Å². The molecule has 0 saturated carbocycles. The average molecular weight is 360 g/mol. The smallest absolute Gasteiger partial charge is 0.262 e. The summed E-state index contributed by atoms with van der Waals surface area (Å²) in [6.07, 6.45) is 0. The molecule has 2 aromatic carbocycles. The first kappa shape index (κ1) is 19.0. The van der Waals surface area contributed by atoms with Gasteiger partial charge in [0.05, 0.1) is 4.90 Å². The molecule has 0 aromatic heterocycles. The Hall–Kier alpha value is -2.34. The molecule has 0 fully saturated rings. The van der Waals surface area contributed by atoms with Gasteiger partial charge >= 0.3 is 0 Å². The lowest BCUT2D eigenvalue weighted by Crippen LogP contribution is -2.30. The quantitative estimate of drug-likeness (QED) is 0.856. The molecule has 0 unspecified atom stereocenters. The van der Waals surface area contributed by atoms with Crippen molar-refractivity contribution >= 4 is 21.6 Å². The maximum absolute atomic E-state index is 12.7. The molecule has 0 bridgehead atoms. The van der Waals surface area contributed by atoms with Gasteiger partial charge in [-0.15, -0.1) is 0 Å². The Labute approximate surface area is 149 Å². The van der Waals surface area contributed by atoms with Gasteiger partial charge in [0.2, 0.25) is 0 Å². The molecule has 0 spiro atoms. The Bertz CT molecular complexity index is 862. The van der Waals surface area contributed by atoms with Crippen molar-refractivity contribution in [2.75, 3.05) is 4.72 Å². The van der Waals surface area contributed by atoms with E-state index in [9.17, 15) is 13.2 Å². The predicted octanol–water partition coefficient (Wildman–Crippen LogP) is 3.55. The van der Waals surface area contributed by atoms with Crippen LogP contribution in [0.4, 0.5) is 5.69 Å². The summed E-state index contributed by atoms with van der Waals surface area (Å²) in [5.74, 6) is -0.186. The molecule has 2 aromatic rings. The number of sulfonamides is 1. The van der Waals surface area contributed by atoms with Crippen LogP contribution in [0.3, 0.4) is 0 Å². The van der Waals surface area contributed by atoms with E-state index in [1.54, 1.807) is 38.1 Å². The summed E-state index contributed by atoms with van der Waals surface area (Å²) < 4.78 is 28.0. The van der Waals surface area contributed by atoms with Gasteiger partial charge in [0.15, 0.2) is 0 Å². The molecule has 0 saturated heterocycles. The molecule has 134 valence electrons. The Kier molecular flexibility index (Phi) is 5.52. The Morgan fingerprint density at radius 2 is 1.48 bits per heavy atom. The number of aryl methyl sites for hydroxylation is 3. The topological polar surface area (TPSA) is 75.3 Å². The monoisotopic (exact) mass is 360 g/mol. The number of hydrogen-bond donors (Lipinski definition) is 2. The number of carbonyl (C=O) groups is 1. The highest BCUT2D eigenvalue weighted by molar-refractivity contribution is 7.92. The average Bonchev–Trinajstić information content (AvgIpc) is 2.45. The Morgan fingerprint density at radius 1 is 0.960 bits per heavy atom. The third-order valence-corrected chi connectivity index (χ3v) is 5.38. The summed E-state index contributed by atoms with van der Waals surface area (Å²) in [6, 6.07) is 10.1. The molecule has 5 nitrogen and oxygen atoms in total. The van der Waals surface area contributed by atoms with Crippen LogP contribution in [0.15, 0.2) is 41.3 Å². The molecular weight excluding hydrogens is 336 g/mol. The lowest BCUT2D eigenvalue weighted by Gasteiger charge is -2.14. The van der Waals surface area contributed by atoms with Crippen LogP contribution in [0.25, 0.3) is 0 Å². The lowest BCUT2D eigenvalue weighted by atomic mass is 10.1. The van der Waals surface area contributed by atoms with Gasteiger partial charge in [0.25, 0.3) is 15.9 Å². The minimum absolute atomic E-state index is 0.0400. The van der Waals surface area contributed by atoms with E-state index in [-0.39, 0.29) is 11.9 Å². The second-order valence-corrected chi connectivity index (χ2v) is 8.16. The van der Waals surface area contributed by atoms with Crippen LogP contribution in [-0.2, 0) is 10.0 Å². The van der Waals surface area contributed by atoms with E-state index in [0.29, 0.717) is 27.3 Å². The molecule has 0 atom stereocenters. The molecule has 2 N–H and O–H groups in total. The fraction of sp³-hybridized carbons (Fsp3) is 0.316. The van der Waals surface area contributed by atoms with E-state index in [0.717, 1.165) is 5.56 Å². The normalized spacial score (nSPS) is 11.4. The zero-order valence-corrected chi connectivity index (χ0v) is 16.0. The van der Waals surface area contributed by atoms with Crippen molar-refractivity contribution < 1.29 is 13.2 Å². The minimum atomic E-state index is -3.69. The number of nitrogens with one attached hydrogen (secondary N) is 2. The van der Waals surface area contributed by atoms with Crippen LogP contribution in [0, 0.1) is 20.8 Å². The molecule has 0 heterocycles. The van der Waals surface area contributed by atoms with Crippen LogP contribution in [0.2, 0.25) is 0 Å². The third-order valence-electron chi connectivity index (χ3n) is 3.69. The number of amides is 1. The Morgan fingerprint density at radius 3 is 1.96 bits per heavy atom. The van der Waals surface area contributed by atoms with Gasteiger partial charge in [-0.2, -0.15) is 0 Å². The van der Waals surface area contributed by atoms with Gasteiger partial charge in [0, 0.05) is 17.3 Å². The second kappa shape index (κ2) is 7.27. The lowest BCUT2D eigenvalue weighted by molar-refractivity contribution is 0.0943. The van der Waals surface area contributed by atoms with Crippen LogP contribution >= 0.6 is 0 Å². The van der Waals surface area contributed by atoms with Crippen LogP contribution in [-0.4, -0.2) is 20.4 Å². The van der Waals surface area contributed by atoms with Gasteiger partial charge in [0.1, 0.15) is 0 Å². The molecule has 0 radical (unpaired) electrons. The highest BCUT2D eigenvalue weighted by Crippen LogP contribution is 2.24. The summed E-state index contributed by atoms with van der Waals surface area (Å²) in [5.41, 5.74) is 3.34. The van der Waals surface area contributed by atoms with E-state index in [4.69, 9.17) is 0 Å². The van der Waals surface area contributed by atoms with E-state index in [2.05, 4.69) is 10.0 Å². The summed E-state index contributed by atoms with van der Waals surface area (Å²) >= 11 is 0. The molecule has 2 rings (SSSR count). The highest BCUT2D eigenvalue weighted by Gasteiger charge is 2.20. The number of benzene rings is 2. The molecule has 0 aliphatic heterocycles. The van der Waals surface area contributed by atoms with Gasteiger partial charge in [-0.25, -0.2) is 8.42 Å². The first-order valence-electron chi connectivity index (χ1n) is 8.12. The van der Waals surface area contributed by atoms with Crippen LogP contribution in [0.1, 0.15) is 40.9 Å². The van der Waals surface area contributed by atoms with Crippen LogP contribution in [0.5, 0.6) is 0 Å². The van der Waals surface area contributed by atoms with E-state index in [1.807, 2.05) is 32.9 Å². The SMILES string of the molecule is Cc1cc(C)c(S(=O)(=O)Nc2ccc(C(=O)NC(C)C)cc2)c(C)c1. The maximum Gasteiger partial charge on any atom is 0.262 e.